The number of nitrogens with zero attached hydrogens (tertiary/aromatic N) is 3. The summed E-state index contributed by atoms with van der Waals surface area (Å²) in [5.41, 5.74) is 2.50. The summed E-state index contributed by atoms with van der Waals surface area (Å²) in [6.45, 7) is 3.44. The van der Waals surface area contributed by atoms with E-state index in [1.165, 1.54) is 17.6 Å². The van der Waals surface area contributed by atoms with Gasteiger partial charge in [0.25, 0.3) is 5.91 Å². The molecule has 0 spiro atoms. The lowest BCUT2D eigenvalue weighted by Gasteiger charge is -2.35. The van der Waals surface area contributed by atoms with Crippen molar-refractivity contribution in [3.63, 3.8) is 0 Å². The predicted molar refractivity (Wildman–Crippen MR) is 102 cm³/mol. The second kappa shape index (κ2) is 8.11. The van der Waals surface area contributed by atoms with Crippen LogP contribution in [0.15, 0.2) is 29.0 Å². The number of anilines is 1. The van der Waals surface area contributed by atoms with Gasteiger partial charge in [0, 0.05) is 36.1 Å². The lowest BCUT2D eigenvalue weighted by Crippen LogP contribution is -2.38. The topological polar surface area (TPSA) is 105 Å². The Morgan fingerprint density at radius 2 is 2.00 bits per heavy atom. The van der Waals surface area contributed by atoms with Crippen LogP contribution in [0.1, 0.15) is 37.3 Å². The van der Waals surface area contributed by atoms with Crippen LogP contribution >= 0.6 is 0 Å². The van der Waals surface area contributed by atoms with E-state index in [1.54, 1.807) is 13.0 Å². The summed E-state index contributed by atoms with van der Waals surface area (Å²) in [6.07, 6.45) is 5.01. The molecule has 1 aromatic carbocycles. The third-order valence-corrected chi connectivity index (χ3v) is 4.76. The summed E-state index contributed by atoms with van der Waals surface area (Å²) in [4.78, 5) is 25.5. The third-order valence-electron chi connectivity index (χ3n) is 4.76. The quantitative estimate of drug-likeness (QED) is 0.682. The molecule has 0 unspecified atom stereocenters. The van der Waals surface area contributed by atoms with Gasteiger partial charge in [-0.05, 0) is 32.3 Å². The Balaban J connectivity index is 2.02. The summed E-state index contributed by atoms with van der Waals surface area (Å²) >= 11 is 0. The van der Waals surface area contributed by atoms with Gasteiger partial charge in [-0.1, -0.05) is 12.1 Å². The molecule has 2 heterocycles. The van der Waals surface area contributed by atoms with Crippen LogP contribution in [0.5, 0.6) is 0 Å². The number of benzene rings is 1. The number of carbonyl (C=O) groups excluding carboxylic acids is 1. The van der Waals surface area contributed by atoms with Crippen LogP contribution in [-0.2, 0) is 16.1 Å². The average Bonchev–Trinajstić information content (AvgIpc) is 2.67. The molecule has 3 N–H and O–H groups in total. The molecule has 0 saturated carbocycles. The Morgan fingerprint density at radius 3 is 2.67 bits per heavy atom. The summed E-state index contributed by atoms with van der Waals surface area (Å²) in [7, 11) is 0. The van der Waals surface area contributed by atoms with Crippen molar-refractivity contribution in [3.05, 3.63) is 35.0 Å². The van der Waals surface area contributed by atoms with E-state index in [1.807, 2.05) is 12.1 Å². The van der Waals surface area contributed by atoms with Crippen LogP contribution in [0.25, 0.3) is 5.76 Å². The number of piperidine rings is 1. The predicted octanol–water partition coefficient (Wildman–Crippen LogP) is 1.93. The maximum atomic E-state index is 12.5. The molecule has 0 aromatic heterocycles. The van der Waals surface area contributed by atoms with E-state index in [9.17, 15) is 14.7 Å². The molecule has 0 bridgehead atoms. The molecule has 27 heavy (non-hydrogen) atoms. The molecule has 0 aliphatic carbocycles. The Bertz CT molecular complexity index is 797. The summed E-state index contributed by atoms with van der Waals surface area (Å²) < 4.78 is 0. The molecule has 0 radical (unpaired) electrons. The number of amides is 1. The Labute approximate surface area is 157 Å². The molecule has 8 heteroatoms. The van der Waals surface area contributed by atoms with Gasteiger partial charge in [0.15, 0.2) is 11.5 Å². The smallest absolute Gasteiger partial charge is 0.322 e. The van der Waals surface area contributed by atoms with Crippen LogP contribution in [-0.4, -0.2) is 52.9 Å². The van der Waals surface area contributed by atoms with Gasteiger partial charge < -0.3 is 20.4 Å². The van der Waals surface area contributed by atoms with Gasteiger partial charge in [-0.2, -0.15) is 5.10 Å². The molecule has 144 valence electrons. The number of nitrogens with one attached hydrogen (secondary N) is 1. The first kappa shape index (κ1) is 18.8. The van der Waals surface area contributed by atoms with Crippen molar-refractivity contribution in [2.24, 2.45) is 5.10 Å². The summed E-state index contributed by atoms with van der Waals surface area (Å²) in [6, 6.07) is 5.67. The number of hydrogen-bond acceptors (Lipinski definition) is 6. The minimum atomic E-state index is -1.16. The number of hydrogen-bond donors (Lipinski definition) is 3. The standard InChI is InChI=1S/C19H24N4O4/c1-2-21-23-12-14-13(18(26)17(23)19(27)20-11-16(24)25)7-6-8-15(14)22-9-4-3-5-10-22/h2,6-8,26H,3-5,9-12H2,1H3,(H,20,27)(H,24,25)/b21-2-. The van der Waals surface area contributed by atoms with Gasteiger partial charge in [0.05, 0.1) is 6.54 Å². The zero-order chi connectivity index (χ0) is 19.4. The number of carbonyl (C=O) groups is 2. The Kier molecular flexibility index (Phi) is 5.63. The monoisotopic (exact) mass is 372 g/mol. The minimum Gasteiger partial charge on any atom is -0.505 e. The van der Waals surface area contributed by atoms with E-state index in [4.69, 9.17) is 5.11 Å². The lowest BCUT2D eigenvalue weighted by atomic mass is 9.96. The third kappa shape index (κ3) is 3.89. The van der Waals surface area contributed by atoms with Crippen molar-refractivity contribution in [2.45, 2.75) is 32.7 Å². The second-order valence-electron chi connectivity index (χ2n) is 6.56. The van der Waals surface area contributed by atoms with E-state index < -0.39 is 18.4 Å². The first-order valence-corrected chi connectivity index (χ1v) is 9.09. The van der Waals surface area contributed by atoms with Gasteiger partial charge in [-0.3, -0.25) is 14.6 Å². The highest BCUT2D eigenvalue weighted by molar-refractivity contribution is 6.01. The molecule has 1 saturated heterocycles. The van der Waals surface area contributed by atoms with Crippen molar-refractivity contribution in [3.8, 4) is 0 Å². The molecular weight excluding hydrogens is 348 g/mol. The molecule has 3 rings (SSSR count). The maximum Gasteiger partial charge on any atom is 0.322 e. The largest absolute Gasteiger partial charge is 0.505 e. The molecule has 1 amide bonds. The fourth-order valence-electron chi connectivity index (χ4n) is 3.57. The van der Waals surface area contributed by atoms with Crippen molar-refractivity contribution in [2.75, 3.05) is 24.5 Å². The highest BCUT2D eigenvalue weighted by Crippen LogP contribution is 2.37. The summed E-state index contributed by atoms with van der Waals surface area (Å²) in [5, 5.41) is 27.5. The lowest BCUT2D eigenvalue weighted by molar-refractivity contribution is -0.137. The van der Waals surface area contributed by atoms with Crippen molar-refractivity contribution in [1.82, 2.24) is 10.3 Å². The van der Waals surface area contributed by atoms with E-state index in [0.29, 0.717) is 12.1 Å². The van der Waals surface area contributed by atoms with Gasteiger partial charge >= 0.3 is 5.97 Å². The average molecular weight is 372 g/mol. The van der Waals surface area contributed by atoms with Crippen LogP contribution in [0, 0.1) is 0 Å². The van der Waals surface area contributed by atoms with Gasteiger partial charge in [-0.25, -0.2) is 0 Å². The van der Waals surface area contributed by atoms with E-state index >= 15 is 0 Å². The molecular formula is C19H24N4O4. The van der Waals surface area contributed by atoms with Gasteiger partial charge in [0.1, 0.15) is 6.54 Å². The second-order valence-corrected chi connectivity index (χ2v) is 6.56. The van der Waals surface area contributed by atoms with E-state index in [-0.39, 0.29) is 11.5 Å². The van der Waals surface area contributed by atoms with Gasteiger partial charge in [0.2, 0.25) is 0 Å². The highest BCUT2D eigenvalue weighted by Gasteiger charge is 2.32. The fourth-order valence-corrected chi connectivity index (χ4v) is 3.57. The SMILES string of the molecule is C/C=N\N1Cc2c(cccc2N2CCCCC2)C(O)=C1C(=O)NCC(=O)O. The number of carboxylic acids is 1. The number of hydrazone groups is 1. The molecule has 1 fully saturated rings. The van der Waals surface area contributed by atoms with Crippen LogP contribution < -0.4 is 10.2 Å². The molecule has 8 nitrogen and oxygen atoms in total. The maximum absolute atomic E-state index is 12.5. The van der Waals surface area contributed by atoms with Crippen molar-refractivity contribution in [1.29, 1.82) is 0 Å². The molecule has 2 aliphatic rings. The highest BCUT2D eigenvalue weighted by atomic mass is 16.4. The number of aliphatic hydroxyl groups excluding tert-OH is 1. The zero-order valence-electron chi connectivity index (χ0n) is 15.3. The normalized spacial score (nSPS) is 17.2. The minimum absolute atomic E-state index is 0.0438. The Morgan fingerprint density at radius 1 is 1.26 bits per heavy atom. The summed E-state index contributed by atoms with van der Waals surface area (Å²) in [5.74, 6) is -2.02. The van der Waals surface area contributed by atoms with Crippen molar-refractivity contribution >= 4 is 29.5 Å². The molecule has 0 atom stereocenters. The zero-order valence-corrected chi connectivity index (χ0v) is 15.3. The van der Waals surface area contributed by atoms with Gasteiger partial charge in [-0.15, -0.1) is 0 Å². The Hall–Kier alpha value is -3.03. The molecule has 1 aromatic rings. The van der Waals surface area contributed by atoms with Crippen LogP contribution in [0.4, 0.5) is 5.69 Å². The number of aliphatic hydroxyl groups is 1. The van der Waals surface area contributed by atoms with Crippen LogP contribution in [0.2, 0.25) is 0 Å². The van der Waals surface area contributed by atoms with Crippen molar-refractivity contribution < 1.29 is 19.8 Å². The fraction of sp³-hybridized carbons (Fsp3) is 0.421. The first-order chi connectivity index (χ1) is 13.0. The molecule has 2 aliphatic heterocycles. The van der Waals surface area contributed by atoms with E-state index in [2.05, 4.69) is 15.3 Å². The number of carboxylic acid groups (broad SMARTS) is 1. The number of aliphatic carboxylic acids is 1. The number of fused-ring (bicyclic) bond motifs is 1. The van der Waals surface area contributed by atoms with E-state index in [0.717, 1.165) is 37.2 Å². The first-order valence-electron chi connectivity index (χ1n) is 9.09. The number of rotatable bonds is 5. The van der Waals surface area contributed by atoms with Crippen LogP contribution in [0.3, 0.4) is 0 Å².